The highest BCUT2D eigenvalue weighted by Crippen LogP contribution is 2.49. The third-order valence-corrected chi connectivity index (χ3v) is 10.4. The highest BCUT2D eigenvalue weighted by Gasteiger charge is 2.44. The molecular formula is C43H31BN2. The second kappa shape index (κ2) is 9.25. The van der Waals surface area contributed by atoms with Gasteiger partial charge in [-0.05, 0) is 113 Å². The molecule has 3 heteroatoms. The van der Waals surface area contributed by atoms with Gasteiger partial charge in [0.2, 0.25) is 0 Å². The van der Waals surface area contributed by atoms with Gasteiger partial charge in [0.1, 0.15) is 0 Å². The lowest BCUT2D eigenvalue weighted by molar-refractivity contribution is 1.18. The highest BCUT2D eigenvalue weighted by molar-refractivity contribution is 6.93. The summed E-state index contributed by atoms with van der Waals surface area (Å²) in [6.07, 6.45) is 0. The summed E-state index contributed by atoms with van der Waals surface area (Å²) in [5.74, 6) is 0. The molecule has 0 saturated heterocycles. The number of aromatic nitrogens is 1. The summed E-state index contributed by atoms with van der Waals surface area (Å²) >= 11 is 0. The Hall–Kier alpha value is -5.54. The van der Waals surface area contributed by atoms with Crippen LogP contribution >= 0.6 is 0 Å². The topological polar surface area (TPSA) is 8.17 Å². The van der Waals surface area contributed by atoms with Crippen molar-refractivity contribution in [3.63, 3.8) is 0 Å². The van der Waals surface area contributed by atoms with Gasteiger partial charge in [-0.1, -0.05) is 96.6 Å². The molecule has 7 aromatic carbocycles. The van der Waals surface area contributed by atoms with Crippen LogP contribution < -0.4 is 15.7 Å². The third-order valence-electron chi connectivity index (χ3n) is 10.4. The van der Waals surface area contributed by atoms with Crippen molar-refractivity contribution in [1.29, 1.82) is 0 Å². The molecule has 0 amide bonds. The van der Waals surface area contributed by atoms with E-state index in [9.17, 15) is 0 Å². The number of rotatable bonds is 2. The molecule has 0 N–H and O–H groups in total. The summed E-state index contributed by atoms with van der Waals surface area (Å²) in [7, 11) is 0. The molecule has 46 heavy (non-hydrogen) atoms. The Labute approximate surface area is 269 Å². The molecule has 2 nitrogen and oxygen atoms in total. The van der Waals surface area contributed by atoms with Gasteiger partial charge in [-0.15, -0.1) is 0 Å². The second-order valence-electron chi connectivity index (χ2n) is 13.1. The Morgan fingerprint density at radius 3 is 1.98 bits per heavy atom. The van der Waals surface area contributed by atoms with Gasteiger partial charge in [-0.25, -0.2) is 0 Å². The van der Waals surface area contributed by atoms with Crippen LogP contribution in [-0.2, 0) is 0 Å². The molecule has 3 heterocycles. The van der Waals surface area contributed by atoms with Crippen LogP contribution in [0.2, 0.25) is 0 Å². The summed E-state index contributed by atoms with van der Waals surface area (Å²) in [6, 6.07) is 49.9. The number of anilines is 2. The van der Waals surface area contributed by atoms with Gasteiger partial charge in [0.05, 0.1) is 11.0 Å². The molecule has 2 aliphatic rings. The molecule has 2 aliphatic heterocycles. The Morgan fingerprint density at radius 2 is 1.20 bits per heavy atom. The molecule has 0 fully saturated rings. The third kappa shape index (κ3) is 3.32. The summed E-state index contributed by atoms with van der Waals surface area (Å²) < 4.78 is 2.58. The van der Waals surface area contributed by atoms with Gasteiger partial charge in [0, 0.05) is 33.4 Å². The van der Waals surface area contributed by atoms with Crippen LogP contribution in [0.4, 0.5) is 11.4 Å². The SMILES string of the molecule is Cc1cc(C)c(-c2cc3c4c5c2c2cc6ccccc6cc2n5-c2ccccc2B4N(c2ccccc2)c2ccccc2-3)c(C)c1. The van der Waals surface area contributed by atoms with E-state index in [1.54, 1.807) is 0 Å². The van der Waals surface area contributed by atoms with Crippen LogP contribution in [-0.4, -0.2) is 11.4 Å². The van der Waals surface area contributed by atoms with Crippen molar-refractivity contribution in [2.45, 2.75) is 20.8 Å². The number of hydrogen-bond acceptors (Lipinski definition) is 1. The lowest BCUT2D eigenvalue weighted by Gasteiger charge is -2.42. The highest BCUT2D eigenvalue weighted by atomic mass is 15.1. The van der Waals surface area contributed by atoms with E-state index >= 15 is 0 Å². The zero-order valence-corrected chi connectivity index (χ0v) is 26.2. The van der Waals surface area contributed by atoms with E-state index in [4.69, 9.17) is 0 Å². The largest absolute Gasteiger partial charge is 0.376 e. The van der Waals surface area contributed by atoms with Crippen molar-refractivity contribution in [3.05, 3.63) is 150 Å². The van der Waals surface area contributed by atoms with Gasteiger partial charge in [0.25, 0.3) is 0 Å². The molecule has 1 aromatic heterocycles. The number of aryl methyl sites for hydroxylation is 3. The fourth-order valence-corrected chi connectivity index (χ4v) is 8.75. The first-order chi connectivity index (χ1) is 22.6. The molecular weight excluding hydrogens is 555 g/mol. The minimum atomic E-state index is 0.0338. The predicted molar refractivity (Wildman–Crippen MR) is 197 cm³/mol. The molecule has 0 atom stereocenters. The van der Waals surface area contributed by atoms with Gasteiger partial charge in [0.15, 0.2) is 0 Å². The first-order valence-corrected chi connectivity index (χ1v) is 16.2. The zero-order chi connectivity index (χ0) is 30.7. The quantitative estimate of drug-likeness (QED) is 0.183. The minimum absolute atomic E-state index is 0.0338. The first kappa shape index (κ1) is 25.8. The molecule has 0 aliphatic carbocycles. The Bertz CT molecular complexity index is 2550. The maximum Gasteiger partial charge on any atom is 0.333 e. The average molecular weight is 587 g/mol. The fourth-order valence-electron chi connectivity index (χ4n) is 8.75. The van der Waals surface area contributed by atoms with E-state index in [-0.39, 0.29) is 6.85 Å². The van der Waals surface area contributed by atoms with Crippen molar-refractivity contribution in [2.24, 2.45) is 0 Å². The van der Waals surface area contributed by atoms with Gasteiger partial charge in [-0.3, -0.25) is 0 Å². The number of para-hydroxylation sites is 3. The maximum atomic E-state index is 2.58. The Balaban J connectivity index is 1.48. The smallest absolute Gasteiger partial charge is 0.333 e. The molecule has 0 unspecified atom stereocenters. The van der Waals surface area contributed by atoms with Crippen LogP contribution in [0.5, 0.6) is 0 Å². The van der Waals surface area contributed by atoms with Gasteiger partial charge >= 0.3 is 6.85 Å². The zero-order valence-electron chi connectivity index (χ0n) is 26.2. The van der Waals surface area contributed by atoms with E-state index in [0.717, 1.165) is 0 Å². The van der Waals surface area contributed by atoms with E-state index < -0.39 is 0 Å². The summed E-state index contributed by atoms with van der Waals surface area (Å²) in [6.45, 7) is 6.80. The van der Waals surface area contributed by atoms with E-state index in [0.29, 0.717) is 0 Å². The Morgan fingerprint density at radius 1 is 0.543 bits per heavy atom. The monoisotopic (exact) mass is 586 g/mol. The maximum absolute atomic E-state index is 2.58. The molecule has 0 saturated carbocycles. The van der Waals surface area contributed by atoms with Crippen molar-refractivity contribution in [3.8, 4) is 27.9 Å². The van der Waals surface area contributed by atoms with Crippen LogP contribution in [0.15, 0.2) is 133 Å². The lowest BCUT2D eigenvalue weighted by atomic mass is 9.44. The molecule has 216 valence electrons. The van der Waals surface area contributed by atoms with Crippen LogP contribution in [0.3, 0.4) is 0 Å². The standard InChI is InChI=1S/C43H31BN2/c1-26-21-27(2)40(28(3)22-26)35-25-33-32-17-9-11-19-37(32)46(31-15-5-4-6-16-31)44-36-18-10-12-20-38(36)45-39-24-30-14-8-7-13-29(30)23-34(39)41(35)43(45)42(33)44/h4-25H,1-3H3. The van der Waals surface area contributed by atoms with Gasteiger partial charge in [-0.2, -0.15) is 0 Å². The fraction of sp³-hybridized carbons (Fsp3) is 0.0698. The number of fused-ring (bicyclic) bond motifs is 9. The van der Waals surface area contributed by atoms with Crippen molar-refractivity contribution < 1.29 is 0 Å². The van der Waals surface area contributed by atoms with Crippen LogP contribution in [0.25, 0.3) is 60.5 Å². The minimum Gasteiger partial charge on any atom is -0.376 e. The van der Waals surface area contributed by atoms with Crippen molar-refractivity contribution >= 4 is 61.7 Å². The number of benzene rings is 7. The lowest BCUT2D eigenvalue weighted by Crippen LogP contribution is -2.60. The van der Waals surface area contributed by atoms with Crippen LogP contribution in [0.1, 0.15) is 16.7 Å². The molecule has 8 aromatic rings. The summed E-state index contributed by atoms with van der Waals surface area (Å²) in [4.78, 5) is 2.58. The Kier molecular flexibility index (Phi) is 5.18. The first-order valence-electron chi connectivity index (χ1n) is 16.2. The molecule has 0 radical (unpaired) electrons. The molecule has 0 spiro atoms. The summed E-state index contributed by atoms with van der Waals surface area (Å²) in [5, 5.41) is 5.20. The van der Waals surface area contributed by atoms with Gasteiger partial charge < -0.3 is 9.38 Å². The van der Waals surface area contributed by atoms with Crippen molar-refractivity contribution in [2.75, 3.05) is 4.81 Å². The average Bonchev–Trinajstić information content (AvgIpc) is 3.41. The van der Waals surface area contributed by atoms with Crippen LogP contribution in [0, 0.1) is 20.8 Å². The normalized spacial score (nSPS) is 13.0. The molecule has 0 bridgehead atoms. The van der Waals surface area contributed by atoms with E-state index in [1.165, 1.54) is 99.5 Å². The molecule has 10 rings (SSSR count). The van der Waals surface area contributed by atoms with Crippen molar-refractivity contribution in [1.82, 2.24) is 4.57 Å². The predicted octanol–water partition coefficient (Wildman–Crippen LogP) is 9.77. The summed E-state index contributed by atoms with van der Waals surface area (Å²) in [5.41, 5.74) is 18.3. The van der Waals surface area contributed by atoms with E-state index in [1.807, 2.05) is 0 Å². The number of hydrogen-bond donors (Lipinski definition) is 0. The second-order valence-corrected chi connectivity index (χ2v) is 13.1. The number of nitrogens with zero attached hydrogens (tertiary/aromatic N) is 2. The van der Waals surface area contributed by atoms with E-state index in [2.05, 4.69) is 164 Å².